The van der Waals surface area contributed by atoms with E-state index in [9.17, 15) is 12.9 Å². The molecule has 0 spiro atoms. The van der Waals surface area contributed by atoms with Crippen molar-refractivity contribution in [2.45, 2.75) is 75.5 Å². The summed E-state index contributed by atoms with van der Waals surface area (Å²) in [4.78, 5) is 0. The summed E-state index contributed by atoms with van der Waals surface area (Å²) in [6, 6.07) is 67.5. The molecule has 12 heteroatoms. The van der Waals surface area contributed by atoms with E-state index in [1.165, 1.54) is 99.5 Å². The Bertz CT molecular complexity index is 1940. The third kappa shape index (κ3) is 23.7. The summed E-state index contributed by atoms with van der Waals surface area (Å²) in [6.07, 6.45) is 28.1. The Hall–Kier alpha value is -2.37. The van der Waals surface area contributed by atoms with E-state index in [1.54, 1.807) is 21.2 Å². The quantitative estimate of drug-likeness (QED) is 0.0377. The van der Waals surface area contributed by atoms with Gasteiger partial charge >= 0.3 is 27.0 Å². The maximum absolute atomic E-state index is 9.67. The predicted octanol–water partition coefficient (Wildman–Crippen LogP) is 12.1. The number of halogens is 4. The summed E-state index contributed by atoms with van der Waals surface area (Å²) in [7, 11) is -4.92. The molecule has 0 amide bonds. The first-order valence-corrected chi connectivity index (χ1v) is 30.0. The van der Waals surface area contributed by atoms with E-state index in [0.717, 1.165) is 11.3 Å². The molecule has 0 N–H and O–H groups in total. The largest absolute Gasteiger partial charge is 3.00 e. The molecule has 4 atom stereocenters. The maximum atomic E-state index is 9.67. The molecule has 6 aromatic carbocycles. The molecular formula is C58H76BF4P4RhS2+2. The SMILES string of the molecule is C1=CCC/C=C\CC1.FB(F)F.S.S.[CH3-].[CH3-].[F-].[Rh+3].c1ccc(P(CC[C@@H]2CCC[P@@]2c2ccccc2)c2ccccc2)cc1.c1ccc([PH+](CC[C@@H]2CCC[PH+]2c2ccccc2)c2ccccc2)cc1. The van der Waals surface area contributed by atoms with Crippen LogP contribution in [0.3, 0.4) is 0 Å². The van der Waals surface area contributed by atoms with Crippen LogP contribution in [0.2, 0.25) is 0 Å². The molecule has 2 saturated heterocycles. The molecule has 2 fully saturated rings. The van der Waals surface area contributed by atoms with Crippen molar-refractivity contribution >= 4 is 98.0 Å². The first-order valence-electron chi connectivity index (χ1n) is 23.4. The van der Waals surface area contributed by atoms with Gasteiger partial charge in [-0.25, -0.2) is 0 Å². The Morgan fingerprint density at radius 2 is 0.943 bits per heavy atom. The zero-order valence-electron chi connectivity index (χ0n) is 41.0. The average Bonchev–Trinajstić information content (AvgIpc) is 4.02. The molecule has 70 heavy (non-hydrogen) atoms. The van der Waals surface area contributed by atoms with Gasteiger partial charge in [0.05, 0.1) is 41.8 Å². The molecule has 9 rings (SSSR count). The van der Waals surface area contributed by atoms with Crippen molar-refractivity contribution in [3.8, 4) is 0 Å². The van der Waals surface area contributed by atoms with Crippen LogP contribution >= 0.6 is 58.7 Å². The Kier molecular flexibility index (Phi) is 38.7. The van der Waals surface area contributed by atoms with Gasteiger partial charge in [0, 0.05) is 14.3 Å². The van der Waals surface area contributed by atoms with E-state index in [2.05, 4.69) is 206 Å². The van der Waals surface area contributed by atoms with Gasteiger partial charge in [-0.3, -0.25) is 12.9 Å². The third-order valence-electron chi connectivity index (χ3n) is 12.2. The van der Waals surface area contributed by atoms with Gasteiger partial charge in [-0.15, -0.1) is 0 Å². The molecule has 2 aliphatic heterocycles. The van der Waals surface area contributed by atoms with Crippen molar-refractivity contribution in [3.05, 3.63) is 221 Å². The first-order chi connectivity index (χ1) is 31.6. The molecule has 3 aliphatic rings. The first kappa shape index (κ1) is 67.6. The summed E-state index contributed by atoms with van der Waals surface area (Å²) in [6.45, 7) is 0. The normalized spacial score (nSPS) is 17.8. The smallest absolute Gasteiger partial charge is 1.00 e. The molecule has 1 unspecified atom stereocenters. The van der Waals surface area contributed by atoms with Crippen LogP contribution in [0.5, 0.6) is 0 Å². The van der Waals surface area contributed by atoms with Gasteiger partial charge in [0.1, 0.15) is 0 Å². The molecule has 0 bridgehead atoms. The van der Waals surface area contributed by atoms with Crippen LogP contribution in [-0.2, 0) is 19.5 Å². The second kappa shape index (κ2) is 40.1. The second-order valence-corrected chi connectivity index (χ2v) is 27.0. The van der Waals surface area contributed by atoms with Crippen molar-refractivity contribution in [2.24, 2.45) is 0 Å². The van der Waals surface area contributed by atoms with E-state index >= 15 is 0 Å². The molecule has 378 valence electrons. The molecule has 6 aromatic rings. The maximum Gasteiger partial charge on any atom is 3.00 e. The topological polar surface area (TPSA) is 0 Å². The van der Waals surface area contributed by atoms with Crippen molar-refractivity contribution in [3.63, 3.8) is 0 Å². The Morgan fingerprint density at radius 3 is 1.39 bits per heavy atom. The van der Waals surface area contributed by atoms with Crippen molar-refractivity contribution < 1.29 is 37.1 Å². The zero-order valence-corrected chi connectivity index (χ0v) is 48.4. The minimum atomic E-state index is -3.67. The van der Waals surface area contributed by atoms with E-state index in [-0.39, 0.29) is 89.8 Å². The van der Waals surface area contributed by atoms with Gasteiger partial charge in [-0.2, -0.15) is 27.0 Å². The Labute approximate surface area is 453 Å². The van der Waals surface area contributed by atoms with E-state index < -0.39 is 15.5 Å². The predicted molar refractivity (Wildman–Crippen MR) is 321 cm³/mol. The average molecular weight is 1150 g/mol. The number of benzene rings is 6. The zero-order chi connectivity index (χ0) is 44.4. The molecule has 0 nitrogen and oxygen atoms in total. The van der Waals surface area contributed by atoms with Gasteiger partial charge in [0.15, 0.2) is 0 Å². The number of allylic oxidation sites excluding steroid dienone is 4. The van der Waals surface area contributed by atoms with E-state index in [1.807, 2.05) is 0 Å². The van der Waals surface area contributed by atoms with Crippen LogP contribution in [0.4, 0.5) is 12.9 Å². The van der Waals surface area contributed by atoms with E-state index in [0.29, 0.717) is 0 Å². The fraction of sp³-hybridized carbons (Fsp3) is 0.276. The van der Waals surface area contributed by atoms with Crippen molar-refractivity contribution in [1.29, 1.82) is 0 Å². The van der Waals surface area contributed by atoms with E-state index in [4.69, 9.17) is 0 Å². The third-order valence-corrected chi connectivity index (χ3v) is 24.3. The molecular weight excluding hydrogens is 1070 g/mol. The van der Waals surface area contributed by atoms with Gasteiger partial charge in [-0.1, -0.05) is 178 Å². The van der Waals surface area contributed by atoms with Crippen molar-refractivity contribution in [1.82, 2.24) is 0 Å². The number of rotatable bonds is 12. The summed E-state index contributed by atoms with van der Waals surface area (Å²) < 4.78 is 29.0. The monoisotopic (exact) mass is 1150 g/mol. The van der Waals surface area contributed by atoms with Crippen LogP contribution in [0, 0.1) is 14.9 Å². The van der Waals surface area contributed by atoms with Crippen LogP contribution in [0.25, 0.3) is 0 Å². The van der Waals surface area contributed by atoms with Gasteiger partial charge in [0.2, 0.25) is 0 Å². The molecule has 0 saturated carbocycles. The van der Waals surface area contributed by atoms with Crippen LogP contribution in [-0.4, -0.2) is 43.5 Å². The van der Waals surface area contributed by atoms with Crippen LogP contribution in [0.1, 0.15) is 64.2 Å². The minimum Gasteiger partial charge on any atom is -1.00 e. The number of hydrogen-bond acceptors (Lipinski definition) is 0. The second-order valence-electron chi connectivity index (χ2n) is 16.5. The summed E-state index contributed by atoms with van der Waals surface area (Å²) in [5, 5.41) is 9.46. The minimum absolute atomic E-state index is 0. The molecule has 2 heterocycles. The van der Waals surface area contributed by atoms with Crippen LogP contribution < -0.4 is 36.5 Å². The summed E-state index contributed by atoms with van der Waals surface area (Å²) >= 11 is 0. The molecule has 0 aromatic heterocycles. The van der Waals surface area contributed by atoms with Crippen LogP contribution in [0.15, 0.2) is 206 Å². The Morgan fingerprint density at radius 1 is 0.543 bits per heavy atom. The van der Waals surface area contributed by atoms with Gasteiger partial charge in [0.25, 0.3) is 0 Å². The molecule has 0 radical (unpaired) electrons. The van der Waals surface area contributed by atoms with Gasteiger partial charge < -0.3 is 19.6 Å². The number of hydrogen-bond donors (Lipinski definition) is 0. The van der Waals surface area contributed by atoms with Gasteiger partial charge in [-0.05, 0) is 136 Å². The fourth-order valence-corrected chi connectivity index (χ4v) is 21.3. The Balaban J connectivity index is 0.00000103. The summed E-state index contributed by atoms with van der Waals surface area (Å²) in [5.41, 5.74) is 1.86. The van der Waals surface area contributed by atoms with Crippen molar-refractivity contribution in [2.75, 3.05) is 24.6 Å². The standard InChI is InChI=1S/2C24H26P2.C8H12.2CH3.BF3.FH.Rh.2H2S/c2*1-4-11-21(12-5-1)25-19-10-17-24(25)18-20-26(22-13-6-2-7-14-22)23-15-8-3-9-16-23;1-2-4-6-8-7-5-3-1;;;2-1(3)4;;;;/h2*1-9,11-16,24H,10,17-20H2;1-2,7-8H,3-6H2;2*1H3;;1H;;2*1H2/q;;;2*-1;;;+3;;/p+1/b;;2-1-,8-7?;;;;;;;/t24-,25?;24-,25-;;;;;;;;/m00......../s1. The summed E-state index contributed by atoms with van der Waals surface area (Å²) in [5.74, 6) is 0. The fourth-order valence-electron chi connectivity index (χ4n) is 9.17. The molecule has 1 aliphatic carbocycles.